The van der Waals surface area contributed by atoms with Gasteiger partial charge >= 0.3 is 0 Å². The van der Waals surface area contributed by atoms with E-state index in [9.17, 15) is 18.4 Å². The Bertz CT molecular complexity index is 1500. The fraction of sp³-hybridized carbons (Fsp3) is 0.217. The van der Waals surface area contributed by atoms with Gasteiger partial charge in [-0.3, -0.25) is 20.0 Å². The number of alkyl halides is 2. The Labute approximate surface area is 212 Å². The summed E-state index contributed by atoms with van der Waals surface area (Å²) < 4.78 is 27.8. The fourth-order valence-corrected chi connectivity index (χ4v) is 4.19. The minimum absolute atomic E-state index is 0.0355. The maximum absolute atomic E-state index is 13.4. The molecule has 13 heteroatoms. The molecule has 1 atom stereocenters. The predicted molar refractivity (Wildman–Crippen MR) is 131 cm³/mol. The Balaban J connectivity index is 1.49. The van der Waals surface area contributed by atoms with E-state index in [1.165, 1.54) is 42.4 Å². The normalized spacial score (nSPS) is 16.7. The quantitative estimate of drug-likeness (QED) is 0.489. The molecular formula is C23H16ClF2N7O2S. The molecule has 0 aromatic carbocycles. The highest BCUT2D eigenvalue weighted by atomic mass is 35.5. The molecule has 1 fully saturated rings. The van der Waals surface area contributed by atoms with Gasteiger partial charge in [0.2, 0.25) is 0 Å². The van der Waals surface area contributed by atoms with Crippen molar-refractivity contribution in [2.75, 3.05) is 0 Å². The SMILES string of the molecule is O=C(NC1NN=C(C#CC2CC2)S1)c1cnc(-n2ncccc2=O)cc1-c1cc(C(F)F)ncc1Cl. The van der Waals surface area contributed by atoms with Gasteiger partial charge in [0.1, 0.15) is 5.69 Å². The number of carbonyl (C=O) groups excluding carboxylic acids is 1. The molecule has 1 unspecified atom stereocenters. The van der Waals surface area contributed by atoms with Crippen molar-refractivity contribution >= 4 is 34.3 Å². The minimum atomic E-state index is -2.86. The molecular weight excluding hydrogens is 512 g/mol. The lowest BCUT2D eigenvalue weighted by atomic mass is 10.0. The highest BCUT2D eigenvalue weighted by molar-refractivity contribution is 8.15. The Hall–Kier alpha value is -3.82. The maximum Gasteiger partial charge on any atom is 0.280 e. The summed E-state index contributed by atoms with van der Waals surface area (Å²) in [7, 11) is 0. The highest BCUT2D eigenvalue weighted by Gasteiger charge is 2.25. The molecule has 0 spiro atoms. The number of thioether (sulfide) groups is 1. The van der Waals surface area contributed by atoms with Crippen LogP contribution in [0.25, 0.3) is 16.9 Å². The topological polar surface area (TPSA) is 114 Å². The van der Waals surface area contributed by atoms with Crippen LogP contribution in [0, 0.1) is 17.8 Å². The molecule has 4 heterocycles. The number of hydrogen-bond donors (Lipinski definition) is 2. The Morgan fingerprint density at radius 1 is 1.25 bits per heavy atom. The third-order valence-electron chi connectivity index (χ3n) is 5.19. The molecule has 36 heavy (non-hydrogen) atoms. The number of hydrogen-bond acceptors (Lipinski definition) is 8. The van der Waals surface area contributed by atoms with Crippen molar-refractivity contribution < 1.29 is 13.6 Å². The van der Waals surface area contributed by atoms with Crippen molar-refractivity contribution in [2.24, 2.45) is 11.0 Å². The van der Waals surface area contributed by atoms with Gasteiger partial charge in [0.15, 0.2) is 16.4 Å². The van der Waals surface area contributed by atoms with Crippen LogP contribution in [-0.2, 0) is 0 Å². The summed E-state index contributed by atoms with van der Waals surface area (Å²) in [5.41, 5.74) is 1.54. The van der Waals surface area contributed by atoms with Crippen molar-refractivity contribution in [1.82, 2.24) is 30.5 Å². The van der Waals surface area contributed by atoms with Gasteiger partial charge in [-0.15, -0.1) is 0 Å². The Kier molecular flexibility index (Phi) is 6.67. The zero-order valence-corrected chi connectivity index (χ0v) is 19.9. The fourth-order valence-electron chi connectivity index (χ4n) is 3.26. The van der Waals surface area contributed by atoms with E-state index in [-0.39, 0.29) is 27.5 Å². The molecule has 0 saturated heterocycles. The van der Waals surface area contributed by atoms with Crippen LogP contribution in [0.1, 0.15) is 35.3 Å². The first-order chi connectivity index (χ1) is 17.4. The number of rotatable bonds is 5. The lowest BCUT2D eigenvalue weighted by Crippen LogP contribution is -2.39. The largest absolute Gasteiger partial charge is 0.322 e. The van der Waals surface area contributed by atoms with Crippen LogP contribution < -0.4 is 16.3 Å². The molecule has 2 aliphatic rings. The van der Waals surface area contributed by atoms with Gasteiger partial charge in [0, 0.05) is 41.7 Å². The standard InChI is InChI=1S/C23H16ClF2N7O2S/c24-16-11-27-17(21(25)26)8-14(16)13-9-18(33-20(34)2-1-7-29-33)28-10-15(13)22(35)30-23-32-31-19(36-23)6-5-12-3-4-12/h1-2,7-12,21,23,32H,3-4H2,(H,30,35). The number of nitrogens with zero attached hydrogens (tertiary/aromatic N) is 5. The molecule has 2 N–H and O–H groups in total. The van der Waals surface area contributed by atoms with Crippen molar-refractivity contribution in [3.05, 3.63) is 69.5 Å². The number of aromatic nitrogens is 4. The van der Waals surface area contributed by atoms with E-state index in [0.717, 1.165) is 29.8 Å². The van der Waals surface area contributed by atoms with Crippen molar-refractivity contribution in [3.63, 3.8) is 0 Å². The van der Waals surface area contributed by atoms with Gasteiger partial charge in [0.05, 0.1) is 10.6 Å². The first-order valence-electron chi connectivity index (χ1n) is 10.7. The van der Waals surface area contributed by atoms with Gasteiger partial charge in [-0.2, -0.15) is 14.9 Å². The molecule has 9 nitrogen and oxygen atoms in total. The molecule has 182 valence electrons. The molecule has 1 aliphatic heterocycles. The summed E-state index contributed by atoms with van der Waals surface area (Å²) in [6, 6.07) is 5.24. The second-order valence-electron chi connectivity index (χ2n) is 7.81. The average Bonchev–Trinajstić information content (AvgIpc) is 3.60. The average molecular weight is 528 g/mol. The number of amides is 1. The highest BCUT2D eigenvalue weighted by Crippen LogP contribution is 2.34. The molecule has 1 aliphatic carbocycles. The summed E-state index contributed by atoms with van der Waals surface area (Å²) in [6.45, 7) is 0. The molecule has 1 amide bonds. The molecule has 3 aromatic heterocycles. The zero-order valence-electron chi connectivity index (χ0n) is 18.3. The van der Waals surface area contributed by atoms with E-state index in [1.54, 1.807) is 0 Å². The molecule has 5 rings (SSSR count). The second kappa shape index (κ2) is 10.0. The van der Waals surface area contributed by atoms with Crippen LogP contribution in [-0.4, -0.2) is 36.2 Å². The monoisotopic (exact) mass is 527 g/mol. The zero-order chi connectivity index (χ0) is 25.2. The summed E-state index contributed by atoms with van der Waals surface area (Å²) in [5.74, 6) is 6.00. The molecule has 0 radical (unpaired) electrons. The summed E-state index contributed by atoms with van der Waals surface area (Å²) >= 11 is 7.54. The number of pyridine rings is 2. The number of hydrazone groups is 1. The van der Waals surface area contributed by atoms with E-state index in [0.29, 0.717) is 11.0 Å². The number of nitrogens with one attached hydrogen (secondary N) is 2. The van der Waals surface area contributed by atoms with Crippen LogP contribution in [0.4, 0.5) is 8.78 Å². The lowest BCUT2D eigenvalue weighted by molar-refractivity contribution is 0.0946. The van der Waals surface area contributed by atoms with Crippen LogP contribution in [0.15, 0.2) is 52.8 Å². The Morgan fingerprint density at radius 2 is 2.08 bits per heavy atom. The van der Waals surface area contributed by atoms with Crippen molar-refractivity contribution in [3.8, 4) is 28.8 Å². The second-order valence-corrected chi connectivity index (χ2v) is 9.31. The maximum atomic E-state index is 13.4. The first kappa shape index (κ1) is 23.9. The van der Waals surface area contributed by atoms with E-state index in [1.807, 2.05) is 0 Å². The van der Waals surface area contributed by atoms with Gasteiger partial charge in [-0.05, 0) is 48.7 Å². The first-order valence-corrected chi connectivity index (χ1v) is 12.0. The smallest absolute Gasteiger partial charge is 0.280 e. The number of halogens is 3. The summed E-state index contributed by atoms with van der Waals surface area (Å²) in [5, 5.41) is 11.5. The third kappa shape index (κ3) is 5.22. The van der Waals surface area contributed by atoms with Gasteiger partial charge in [-0.25, -0.2) is 13.8 Å². The van der Waals surface area contributed by atoms with Crippen LogP contribution in [0.5, 0.6) is 0 Å². The van der Waals surface area contributed by atoms with Gasteiger partial charge in [-0.1, -0.05) is 17.5 Å². The summed E-state index contributed by atoms with van der Waals surface area (Å²) in [4.78, 5) is 33.4. The predicted octanol–water partition coefficient (Wildman–Crippen LogP) is 3.36. The van der Waals surface area contributed by atoms with Crippen LogP contribution >= 0.6 is 23.4 Å². The third-order valence-corrected chi connectivity index (χ3v) is 6.37. The van der Waals surface area contributed by atoms with Crippen LogP contribution in [0.3, 0.4) is 0 Å². The van der Waals surface area contributed by atoms with Crippen molar-refractivity contribution in [2.45, 2.75) is 24.8 Å². The lowest BCUT2D eigenvalue weighted by Gasteiger charge is -2.16. The Morgan fingerprint density at radius 3 is 2.83 bits per heavy atom. The van der Waals surface area contributed by atoms with E-state index < -0.39 is 29.1 Å². The molecule has 3 aromatic rings. The molecule has 1 saturated carbocycles. The van der Waals surface area contributed by atoms with E-state index in [2.05, 4.69) is 42.8 Å². The van der Waals surface area contributed by atoms with E-state index >= 15 is 0 Å². The van der Waals surface area contributed by atoms with Gasteiger partial charge < -0.3 is 5.32 Å². The van der Waals surface area contributed by atoms with Crippen molar-refractivity contribution in [1.29, 1.82) is 0 Å². The summed E-state index contributed by atoms with van der Waals surface area (Å²) in [6.07, 6.45) is 3.02. The van der Waals surface area contributed by atoms with E-state index in [4.69, 9.17) is 11.6 Å². The molecule has 0 bridgehead atoms. The minimum Gasteiger partial charge on any atom is -0.322 e. The number of carbonyl (C=O) groups is 1. The van der Waals surface area contributed by atoms with Crippen LogP contribution in [0.2, 0.25) is 5.02 Å². The van der Waals surface area contributed by atoms with Gasteiger partial charge in [0.25, 0.3) is 17.9 Å².